The lowest BCUT2D eigenvalue weighted by Gasteiger charge is -2.22. The minimum absolute atomic E-state index is 0.229. The molecule has 9 heteroatoms. The number of halogens is 3. The number of rotatable bonds is 9. The molecule has 0 fully saturated rings. The summed E-state index contributed by atoms with van der Waals surface area (Å²) in [4.78, 5) is 30.1. The molecule has 2 amide bonds. The molecule has 0 aliphatic rings. The van der Waals surface area contributed by atoms with Gasteiger partial charge in [0, 0.05) is 25.9 Å². The SMILES string of the molecule is COCCN(Cc1ccccn1)C(=O)CNC(=O)/C=C/c1ccc(C(F)(F)F)cc1. The Balaban J connectivity index is 1.89. The third-order valence-electron chi connectivity index (χ3n) is 4.08. The molecular formula is C21H22F3N3O3. The van der Waals surface area contributed by atoms with Crippen LogP contribution in [0.3, 0.4) is 0 Å². The van der Waals surface area contributed by atoms with Gasteiger partial charge < -0.3 is 15.0 Å². The zero-order valence-electron chi connectivity index (χ0n) is 16.4. The number of pyridine rings is 1. The number of methoxy groups -OCH3 is 1. The van der Waals surface area contributed by atoms with Crippen LogP contribution in [-0.2, 0) is 27.0 Å². The van der Waals surface area contributed by atoms with Gasteiger partial charge in [-0.05, 0) is 35.9 Å². The summed E-state index contributed by atoms with van der Waals surface area (Å²) in [5, 5.41) is 2.47. The van der Waals surface area contributed by atoms with Gasteiger partial charge in [-0.15, -0.1) is 0 Å². The summed E-state index contributed by atoms with van der Waals surface area (Å²) in [6.07, 6.45) is -0.253. The van der Waals surface area contributed by atoms with E-state index in [2.05, 4.69) is 10.3 Å². The van der Waals surface area contributed by atoms with Gasteiger partial charge in [0.2, 0.25) is 11.8 Å². The molecule has 0 aliphatic heterocycles. The maximum Gasteiger partial charge on any atom is 0.416 e. The van der Waals surface area contributed by atoms with Gasteiger partial charge in [-0.2, -0.15) is 13.2 Å². The minimum atomic E-state index is -4.41. The molecular weight excluding hydrogens is 399 g/mol. The molecule has 0 radical (unpaired) electrons. The molecule has 2 aromatic rings. The van der Waals surface area contributed by atoms with Crippen LogP contribution in [0.4, 0.5) is 13.2 Å². The first-order chi connectivity index (χ1) is 14.3. The maximum absolute atomic E-state index is 12.6. The van der Waals surface area contributed by atoms with Gasteiger partial charge >= 0.3 is 6.18 Å². The van der Waals surface area contributed by atoms with Gasteiger partial charge in [0.15, 0.2) is 0 Å². The quantitative estimate of drug-likeness (QED) is 0.632. The smallest absolute Gasteiger partial charge is 0.383 e. The first kappa shape index (κ1) is 23.1. The second-order valence-electron chi connectivity index (χ2n) is 6.30. The van der Waals surface area contributed by atoms with Crippen molar-refractivity contribution in [1.82, 2.24) is 15.2 Å². The normalized spacial score (nSPS) is 11.5. The van der Waals surface area contributed by atoms with E-state index in [-0.39, 0.29) is 19.0 Å². The molecule has 30 heavy (non-hydrogen) atoms. The highest BCUT2D eigenvalue weighted by Crippen LogP contribution is 2.29. The Kier molecular flexibility index (Phi) is 8.54. The van der Waals surface area contributed by atoms with Crippen LogP contribution >= 0.6 is 0 Å². The predicted octanol–water partition coefficient (Wildman–Crippen LogP) is 2.91. The molecule has 1 aromatic heterocycles. The number of hydrogen-bond acceptors (Lipinski definition) is 4. The predicted molar refractivity (Wildman–Crippen MR) is 105 cm³/mol. The zero-order valence-corrected chi connectivity index (χ0v) is 16.4. The Hall–Kier alpha value is -3.20. The number of nitrogens with zero attached hydrogens (tertiary/aromatic N) is 2. The molecule has 2 rings (SSSR count). The number of benzene rings is 1. The number of carbonyl (C=O) groups is 2. The Bertz CT molecular complexity index is 853. The van der Waals surface area contributed by atoms with E-state index in [4.69, 9.17) is 4.74 Å². The third-order valence-corrected chi connectivity index (χ3v) is 4.08. The number of carbonyl (C=O) groups excluding carboxylic acids is 2. The fraction of sp³-hybridized carbons (Fsp3) is 0.286. The van der Waals surface area contributed by atoms with Crippen LogP contribution in [0.25, 0.3) is 6.08 Å². The fourth-order valence-electron chi connectivity index (χ4n) is 2.47. The van der Waals surface area contributed by atoms with Crippen LogP contribution in [0, 0.1) is 0 Å². The minimum Gasteiger partial charge on any atom is -0.383 e. The average molecular weight is 421 g/mol. The van der Waals surface area contributed by atoms with Crippen molar-refractivity contribution in [3.05, 3.63) is 71.6 Å². The van der Waals surface area contributed by atoms with Gasteiger partial charge in [0.05, 0.1) is 31.0 Å². The molecule has 0 unspecified atom stereocenters. The summed E-state index contributed by atoms with van der Waals surface area (Å²) in [6.45, 7) is 0.719. The van der Waals surface area contributed by atoms with E-state index in [1.165, 1.54) is 30.2 Å². The van der Waals surface area contributed by atoms with E-state index in [0.717, 1.165) is 18.2 Å². The topological polar surface area (TPSA) is 71.5 Å². The lowest BCUT2D eigenvalue weighted by molar-refractivity contribution is -0.137. The summed E-state index contributed by atoms with van der Waals surface area (Å²) in [5.41, 5.74) is 0.371. The number of hydrogen-bond donors (Lipinski definition) is 1. The summed E-state index contributed by atoms with van der Waals surface area (Å²) in [5.74, 6) is -0.846. The molecule has 160 valence electrons. The third kappa shape index (κ3) is 7.67. The molecule has 0 saturated carbocycles. The highest BCUT2D eigenvalue weighted by Gasteiger charge is 2.29. The van der Waals surface area contributed by atoms with Crippen molar-refractivity contribution in [2.75, 3.05) is 26.8 Å². The first-order valence-corrected chi connectivity index (χ1v) is 9.09. The summed E-state index contributed by atoms with van der Waals surface area (Å²) in [7, 11) is 1.53. The molecule has 0 aliphatic carbocycles. The van der Waals surface area contributed by atoms with Crippen molar-refractivity contribution in [2.45, 2.75) is 12.7 Å². The van der Waals surface area contributed by atoms with Gasteiger partial charge in [0.1, 0.15) is 0 Å². The van der Waals surface area contributed by atoms with Gasteiger partial charge in [-0.3, -0.25) is 14.6 Å². The monoisotopic (exact) mass is 421 g/mol. The van der Waals surface area contributed by atoms with E-state index in [0.29, 0.717) is 24.4 Å². The number of ether oxygens (including phenoxy) is 1. The molecule has 1 aromatic carbocycles. The van der Waals surface area contributed by atoms with E-state index < -0.39 is 17.6 Å². The standard InChI is InChI=1S/C21H22F3N3O3/c1-30-13-12-27(15-18-4-2-3-11-25-18)20(29)14-26-19(28)10-7-16-5-8-17(9-6-16)21(22,23)24/h2-11H,12-15H2,1H3,(H,26,28)/b10-7+. The van der Waals surface area contributed by atoms with Gasteiger partial charge in [0.25, 0.3) is 0 Å². The largest absolute Gasteiger partial charge is 0.416 e. The molecule has 1 heterocycles. The highest BCUT2D eigenvalue weighted by molar-refractivity contribution is 5.94. The highest BCUT2D eigenvalue weighted by atomic mass is 19.4. The van der Waals surface area contributed by atoms with Crippen LogP contribution < -0.4 is 5.32 Å². The Morgan fingerprint density at radius 1 is 1.17 bits per heavy atom. The molecule has 6 nitrogen and oxygen atoms in total. The van der Waals surface area contributed by atoms with Crippen molar-refractivity contribution in [2.24, 2.45) is 0 Å². The lowest BCUT2D eigenvalue weighted by Crippen LogP contribution is -2.41. The molecule has 0 bridgehead atoms. The van der Waals surface area contributed by atoms with E-state index >= 15 is 0 Å². The zero-order chi connectivity index (χ0) is 22.0. The Labute approximate surface area is 172 Å². The van der Waals surface area contributed by atoms with Crippen LogP contribution in [0.5, 0.6) is 0 Å². The number of amides is 2. The van der Waals surface area contributed by atoms with Crippen LogP contribution in [0.2, 0.25) is 0 Å². The molecule has 0 saturated heterocycles. The average Bonchev–Trinajstić information content (AvgIpc) is 2.73. The van der Waals surface area contributed by atoms with Gasteiger partial charge in [-0.25, -0.2) is 0 Å². The lowest BCUT2D eigenvalue weighted by atomic mass is 10.1. The van der Waals surface area contributed by atoms with Gasteiger partial charge in [-0.1, -0.05) is 18.2 Å². The second kappa shape index (κ2) is 11.1. The van der Waals surface area contributed by atoms with Crippen LogP contribution in [-0.4, -0.2) is 48.5 Å². The Morgan fingerprint density at radius 2 is 1.90 bits per heavy atom. The summed E-state index contributed by atoms with van der Waals surface area (Å²) in [6, 6.07) is 9.77. The van der Waals surface area contributed by atoms with Crippen molar-refractivity contribution in [3.63, 3.8) is 0 Å². The molecule has 0 spiro atoms. The van der Waals surface area contributed by atoms with E-state index in [1.807, 2.05) is 6.07 Å². The number of alkyl halides is 3. The van der Waals surface area contributed by atoms with E-state index in [1.54, 1.807) is 18.3 Å². The Morgan fingerprint density at radius 3 is 2.50 bits per heavy atom. The van der Waals surface area contributed by atoms with Crippen molar-refractivity contribution < 1.29 is 27.5 Å². The second-order valence-corrected chi connectivity index (χ2v) is 6.30. The van der Waals surface area contributed by atoms with Crippen molar-refractivity contribution in [1.29, 1.82) is 0 Å². The maximum atomic E-state index is 12.6. The summed E-state index contributed by atoms with van der Waals surface area (Å²) < 4.78 is 42.7. The summed E-state index contributed by atoms with van der Waals surface area (Å²) >= 11 is 0. The number of aromatic nitrogens is 1. The fourth-order valence-corrected chi connectivity index (χ4v) is 2.47. The van der Waals surface area contributed by atoms with Crippen LogP contribution in [0.15, 0.2) is 54.7 Å². The van der Waals surface area contributed by atoms with Crippen molar-refractivity contribution in [3.8, 4) is 0 Å². The van der Waals surface area contributed by atoms with Crippen LogP contribution in [0.1, 0.15) is 16.8 Å². The number of nitrogens with one attached hydrogen (secondary N) is 1. The van der Waals surface area contributed by atoms with E-state index in [9.17, 15) is 22.8 Å². The molecule has 0 atom stereocenters. The van der Waals surface area contributed by atoms with Crippen molar-refractivity contribution >= 4 is 17.9 Å². The first-order valence-electron chi connectivity index (χ1n) is 9.09. The molecule has 1 N–H and O–H groups in total.